The van der Waals surface area contributed by atoms with Crippen molar-refractivity contribution in [2.75, 3.05) is 0 Å². The second-order valence-electron chi connectivity index (χ2n) is 5.98. The van der Waals surface area contributed by atoms with Crippen LogP contribution in [0.15, 0.2) is 18.2 Å². The maximum Gasteiger partial charge on any atom is 0.128 e. The number of ether oxygens (including phenoxy) is 1. The summed E-state index contributed by atoms with van der Waals surface area (Å²) >= 11 is 0. The molecule has 0 amide bonds. The molecule has 1 aliphatic rings. The molecule has 2 rings (SSSR count). The van der Waals surface area contributed by atoms with Gasteiger partial charge in [0.15, 0.2) is 0 Å². The standard InChI is InChI=1S/C16H24FNO/c1-11-5-12(2)7-15(6-11)19-10-14-8-13(9-18)3-4-16(14)17/h3-4,8,11-12,15H,5-7,9-10,18H2,1-2H3. The molecule has 0 saturated heterocycles. The van der Waals surface area contributed by atoms with Crippen LogP contribution in [0.3, 0.4) is 0 Å². The fourth-order valence-electron chi connectivity index (χ4n) is 3.08. The van der Waals surface area contributed by atoms with E-state index in [1.165, 1.54) is 12.5 Å². The molecule has 2 atom stereocenters. The summed E-state index contributed by atoms with van der Waals surface area (Å²) in [6.45, 7) is 5.32. The summed E-state index contributed by atoms with van der Waals surface area (Å²) in [5, 5.41) is 0. The summed E-state index contributed by atoms with van der Waals surface area (Å²) in [6, 6.07) is 5.02. The molecule has 0 spiro atoms. The predicted molar refractivity (Wildman–Crippen MR) is 75.0 cm³/mol. The van der Waals surface area contributed by atoms with Crippen molar-refractivity contribution in [3.05, 3.63) is 35.1 Å². The Balaban J connectivity index is 1.94. The van der Waals surface area contributed by atoms with Gasteiger partial charge < -0.3 is 10.5 Å². The molecule has 1 aromatic rings. The van der Waals surface area contributed by atoms with Gasteiger partial charge in [0.25, 0.3) is 0 Å². The van der Waals surface area contributed by atoms with Gasteiger partial charge >= 0.3 is 0 Å². The van der Waals surface area contributed by atoms with Crippen molar-refractivity contribution in [1.82, 2.24) is 0 Å². The molecule has 0 radical (unpaired) electrons. The van der Waals surface area contributed by atoms with Gasteiger partial charge in [-0.15, -0.1) is 0 Å². The van der Waals surface area contributed by atoms with Gasteiger partial charge in [-0.3, -0.25) is 0 Å². The van der Waals surface area contributed by atoms with Crippen LogP contribution in [0.25, 0.3) is 0 Å². The second kappa shape index (κ2) is 6.49. The van der Waals surface area contributed by atoms with Crippen LogP contribution in [0, 0.1) is 17.7 Å². The average Bonchev–Trinajstić information content (AvgIpc) is 2.37. The average molecular weight is 265 g/mol. The molecule has 3 heteroatoms. The molecule has 2 nitrogen and oxygen atoms in total. The molecule has 1 aliphatic carbocycles. The van der Waals surface area contributed by atoms with Crippen LogP contribution in [0.1, 0.15) is 44.2 Å². The monoisotopic (exact) mass is 265 g/mol. The van der Waals surface area contributed by atoms with Crippen LogP contribution < -0.4 is 5.73 Å². The van der Waals surface area contributed by atoms with Crippen molar-refractivity contribution in [3.63, 3.8) is 0 Å². The zero-order valence-corrected chi connectivity index (χ0v) is 11.9. The van der Waals surface area contributed by atoms with Gasteiger partial charge in [-0.1, -0.05) is 19.9 Å². The fraction of sp³-hybridized carbons (Fsp3) is 0.625. The Morgan fingerprint density at radius 3 is 2.53 bits per heavy atom. The van der Waals surface area contributed by atoms with Crippen LogP contribution in [0.4, 0.5) is 4.39 Å². The highest BCUT2D eigenvalue weighted by Gasteiger charge is 2.24. The molecule has 0 aliphatic heterocycles. The third-order valence-electron chi connectivity index (χ3n) is 3.96. The first-order valence-electron chi connectivity index (χ1n) is 7.17. The Kier molecular flexibility index (Phi) is 4.94. The summed E-state index contributed by atoms with van der Waals surface area (Å²) in [5.74, 6) is 1.21. The summed E-state index contributed by atoms with van der Waals surface area (Å²) in [7, 11) is 0. The zero-order valence-electron chi connectivity index (χ0n) is 11.9. The molecule has 106 valence electrons. The van der Waals surface area contributed by atoms with Crippen LogP contribution in [0.2, 0.25) is 0 Å². The first-order valence-corrected chi connectivity index (χ1v) is 7.17. The number of rotatable bonds is 4. The van der Waals surface area contributed by atoms with E-state index < -0.39 is 0 Å². The quantitative estimate of drug-likeness (QED) is 0.902. The van der Waals surface area contributed by atoms with Crippen LogP contribution >= 0.6 is 0 Å². The lowest BCUT2D eigenvalue weighted by Gasteiger charge is -2.31. The number of hydrogen-bond acceptors (Lipinski definition) is 2. The smallest absolute Gasteiger partial charge is 0.128 e. The third kappa shape index (κ3) is 4.02. The van der Waals surface area contributed by atoms with E-state index in [2.05, 4.69) is 13.8 Å². The minimum Gasteiger partial charge on any atom is -0.373 e. The molecule has 2 unspecified atom stereocenters. The van der Waals surface area contributed by atoms with Gasteiger partial charge in [-0.05, 0) is 48.8 Å². The van der Waals surface area contributed by atoms with E-state index >= 15 is 0 Å². The van der Waals surface area contributed by atoms with E-state index in [1.807, 2.05) is 6.07 Å². The molecule has 0 bridgehead atoms. The van der Waals surface area contributed by atoms with E-state index in [0.29, 0.717) is 30.6 Å². The molecule has 0 heterocycles. The first kappa shape index (κ1) is 14.5. The predicted octanol–water partition coefficient (Wildman–Crippen LogP) is 3.63. The molecule has 1 aromatic carbocycles. The highest BCUT2D eigenvalue weighted by Crippen LogP contribution is 2.30. The van der Waals surface area contributed by atoms with Crippen LogP contribution in [-0.2, 0) is 17.9 Å². The Bertz CT molecular complexity index is 411. The highest BCUT2D eigenvalue weighted by atomic mass is 19.1. The van der Waals surface area contributed by atoms with Crippen molar-refractivity contribution in [3.8, 4) is 0 Å². The topological polar surface area (TPSA) is 35.2 Å². The normalized spacial score (nSPS) is 27.5. The van der Waals surface area contributed by atoms with Crippen molar-refractivity contribution in [1.29, 1.82) is 0 Å². The fourth-order valence-corrected chi connectivity index (χ4v) is 3.08. The summed E-state index contributed by atoms with van der Waals surface area (Å²) in [4.78, 5) is 0. The van der Waals surface area contributed by atoms with E-state index in [9.17, 15) is 4.39 Å². The van der Waals surface area contributed by atoms with Crippen molar-refractivity contribution in [2.24, 2.45) is 17.6 Å². The molecule has 1 saturated carbocycles. The number of benzene rings is 1. The second-order valence-corrected chi connectivity index (χ2v) is 5.98. The number of halogens is 1. The minimum atomic E-state index is -0.200. The number of nitrogens with two attached hydrogens (primary N) is 1. The van der Waals surface area contributed by atoms with Gasteiger partial charge in [-0.25, -0.2) is 4.39 Å². The lowest BCUT2D eigenvalue weighted by molar-refractivity contribution is -0.0102. The van der Waals surface area contributed by atoms with Gasteiger partial charge in [0.05, 0.1) is 12.7 Å². The molecular formula is C16H24FNO. The molecular weight excluding hydrogens is 241 g/mol. The maximum atomic E-state index is 13.7. The van der Waals surface area contributed by atoms with E-state index in [1.54, 1.807) is 6.07 Å². The minimum absolute atomic E-state index is 0.200. The third-order valence-corrected chi connectivity index (χ3v) is 3.96. The van der Waals surface area contributed by atoms with Gasteiger partial charge in [0, 0.05) is 12.1 Å². The Morgan fingerprint density at radius 2 is 1.89 bits per heavy atom. The van der Waals surface area contributed by atoms with E-state index in [0.717, 1.165) is 18.4 Å². The van der Waals surface area contributed by atoms with Gasteiger partial charge in [-0.2, -0.15) is 0 Å². The largest absolute Gasteiger partial charge is 0.373 e. The molecule has 19 heavy (non-hydrogen) atoms. The molecule has 0 aromatic heterocycles. The Labute approximate surface area is 115 Å². The van der Waals surface area contributed by atoms with Crippen LogP contribution in [-0.4, -0.2) is 6.10 Å². The summed E-state index contributed by atoms with van der Waals surface area (Å²) < 4.78 is 19.6. The van der Waals surface area contributed by atoms with Gasteiger partial charge in [0.2, 0.25) is 0 Å². The Morgan fingerprint density at radius 1 is 1.21 bits per heavy atom. The number of hydrogen-bond donors (Lipinski definition) is 1. The van der Waals surface area contributed by atoms with E-state index in [4.69, 9.17) is 10.5 Å². The van der Waals surface area contributed by atoms with Crippen molar-refractivity contribution >= 4 is 0 Å². The van der Waals surface area contributed by atoms with Crippen molar-refractivity contribution < 1.29 is 9.13 Å². The summed E-state index contributed by atoms with van der Waals surface area (Å²) in [5.41, 5.74) is 7.15. The highest BCUT2D eigenvalue weighted by molar-refractivity contribution is 5.24. The Hall–Kier alpha value is -0.930. The lowest BCUT2D eigenvalue weighted by Crippen LogP contribution is -2.26. The van der Waals surface area contributed by atoms with Crippen molar-refractivity contribution in [2.45, 2.75) is 52.4 Å². The van der Waals surface area contributed by atoms with Gasteiger partial charge in [0.1, 0.15) is 5.82 Å². The summed E-state index contributed by atoms with van der Waals surface area (Å²) in [6.07, 6.45) is 3.71. The van der Waals surface area contributed by atoms with E-state index in [-0.39, 0.29) is 11.9 Å². The lowest BCUT2D eigenvalue weighted by atomic mass is 9.82. The SMILES string of the molecule is CC1CC(C)CC(OCc2cc(CN)ccc2F)C1. The molecule has 2 N–H and O–H groups in total. The first-order chi connectivity index (χ1) is 9.08. The zero-order chi connectivity index (χ0) is 13.8. The maximum absolute atomic E-state index is 13.7. The molecule has 1 fully saturated rings. The van der Waals surface area contributed by atoms with Crippen LogP contribution in [0.5, 0.6) is 0 Å².